The smallest absolute Gasteiger partial charge is 0.326 e. The average Bonchev–Trinajstić information content (AvgIpc) is 3.41. The maximum Gasteiger partial charge on any atom is 0.326 e. The Kier molecular flexibility index (Phi) is 10.4. The molecule has 0 radical (unpaired) electrons. The number of rotatable bonds is 14. The molecule has 1 aliphatic rings. The van der Waals surface area contributed by atoms with Crippen LogP contribution in [0.15, 0.2) is 17.3 Å². The van der Waals surface area contributed by atoms with Gasteiger partial charge in [-0.3, -0.25) is 9.59 Å². The van der Waals surface area contributed by atoms with Gasteiger partial charge < -0.3 is 31.1 Å². The minimum absolute atomic E-state index is 0.197. The second kappa shape index (κ2) is 13.5. The molecule has 0 unspecified atom stereocenters. The highest BCUT2D eigenvalue weighted by molar-refractivity contribution is 7.99. The fraction of sp³-hybridized carbons (Fsp3) is 0.609. The summed E-state index contributed by atoms with van der Waals surface area (Å²) in [5.41, 5.74) is 0.856. The molecule has 15 heteroatoms. The molecule has 6 N–H and O–H groups in total. The summed E-state index contributed by atoms with van der Waals surface area (Å²) in [7, 11) is 0. The van der Waals surface area contributed by atoms with Gasteiger partial charge in [0.15, 0.2) is 22.1 Å². The Hall–Kier alpha value is -3.30. The van der Waals surface area contributed by atoms with Crippen molar-refractivity contribution in [2.24, 2.45) is 5.92 Å². The number of carbonyl (C=O) groups excluding carboxylic acids is 1. The van der Waals surface area contributed by atoms with Gasteiger partial charge in [0.05, 0.1) is 18.6 Å². The van der Waals surface area contributed by atoms with Gasteiger partial charge in [0.1, 0.15) is 12.1 Å². The number of nitrogens with one attached hydrogen (secondary N) is 2. The number of carboxylic acids is 2. The molecule has 2 aromatic heterocycles. The number of anilines is 1. The molecule has 0 aromatic carbocycles. The van der Waals surface area contributed by atoms with E-state index in [1.54, 1.807) is 0 Å². The number of thioether (sulfide) groups is 1. The molecule has 5 atom stereocenters. The Morgan fingerprint density at radius 1 is 1.16 bits per heavy atom. The van der Waals surface area contributed by atoms with Gasteiger partial charge in [-0.15, -0.1) is 5.10 Å². The predicted molar refractivity (Wildman–Crippen MR) is 138 cm³/mol. The van der Waals surface area contributed by atoms with E-state index >= 15 is 0 Å². The number of unbranched alkanes of at least 4 members (excludes halogenated alkanes) is 1. The molecule has 0 aliphatic heterocycles. The first-order chi connectivity index (χ1) is 18.2. The van der Waals surface area contributed by atoms with E-state index in [0.717, 1.165) is 31.1 Å². The van der Waals surface area contributed by atoms with Crippen LogP contribution in [0.3, 0.4) is 0 Å². The van der Waals surface area contributed by atoms with Gasteiger partial charge in [-0.1, -0.05) is 43.3 Å². The van der Waals surface area contributed by atoms with Crippen LogP contribution in [-0.2, 0) is 14.4 Å². The van der Waals surface area contributed by atoms with Gasteiger partial charge in [0.25, 0.3) is 0 Å². The zero-order valence-electron chi connectivity index (χ0n) is 21.1. The predicted octanol–water partition coefficient (Wildman–Crippen LogP) is 0.819. The molecule has 0 saturated heterocycles. The van der Waals surface area contributed by atoms with Crippen molar-refractivity contribution in [3.63, 3.8) is 0 Å². The first-order valence-corrected chi connectivity index (χ1v) is 13.4. The lowest BCUT2D eigenvalue weighted by Gasteiger charge is -2.17. The van der Waals surface area contributed by atoms with E-state index in [9.17, 15) is 24.6 Å². The van der Waals surface area contributed by atoms with E-state index in [1.807, 2.05) is 0 Å². The first kappa shape index (κ1) is 29.3. The van der Waals surface area contributed by atoms with Crippen molar-refractivity contribution in [1.29, 1.82) is 0 Å². The van der Waals surface area contributed by atoms with Gasteiger partial charge in [-0.05, 0) is 25.3 Å². The average molecular weight is 552 g/mol. The lowest BCUT2D eigenvalue weighted by atomic mass is 10.0. The fourth-order valence-corrected chi connectivity index (χ4v) is 4.77. The van der Waals surface area contributed by atoms with E-state index in [4.69, 9.17) is 10.2 Å². The number of fused-ring (bicyclic) bond motifs is 1. The molecule has 14 nitrogen and oxygen atoms in total. The summed E-state index contributed by atoms with van der Waals surface area (Å²) in [5.74, 6) is -2.99. The van der Waals surface area contributed by atoms with Crippen LogP contribution in [0.2, 0.25) is 0 Å². The van der Waals surface area contributed by atoms with E-state index in [-0.39, 0.29) is 6.42 Å². The number of hydrogen-bond acceptors (Lipinski definition) is 11. The Bertz CT molecular complexity index is 1170. The van der Waals surface area contributed by atoms with Crippen molar-refractivity contribution in [3.8, 4) is 0 Å². The SMILES string of the molecule is CCCCNc1nc(SCCC)nc2c1nnn2[C@@H]1C[C@H](/C=C/C(=O)N[C@@H](CC(=O)O)C(=O)O)[C@@H](O)[C@H]1O. The molecular formula is C23H33N7O7S. The minimum Gasteiger partial charge on any atom is -0.481 e. The van der Waals surface area contributed by atoms with Crippen LogP contribution < -0.4 is 10.6 Å². The number of aromatic nitrogens is 5. The maximum atomic E-state index is 12.2. The quantitative estimate of drug-likeness (QED) is 0.0831. The van der Waals surface area contributed by atoms with Gasteiger partial charge in [0.2, 0.25) is 5.91 Å². The summed E-state index contributed by atoms with van der Waals surface area (Å²) in [6, 6.07) is -2.30. The number of nitrogens with zero attached hydrogens (tertiary/aromatic N) is 5. The lowest BCUT2D eigenvalue weighted by Crippen LogP contribution is -2.41. The van der Waals surface area contributed by atoms with E-state index < -0.39 is 54.5 Å². The van der Waals surface area contributed by atoms with Crippen molar-refractivity contribution >= 4 is 46.6 Å². The Morgan fingerprint density at radius 2 is 1.92 bits per heavy atom. The van der Waals surface area contributed by atoms with Gasteiger partial charge in [-0.25, -0.2) is 19.4 Å². The largest absolute Gasteiger partial charge is 0.481 e. The molecule has 2 aromatic rings. The molecule has 208 valence electrons. The maximum absolute atomic E-state index is 12.2. The molecule has 1 fully saturated rings. The Labute approximate surface area is 222 Å². The van der Waals surface area contributed by atoms with E-state index in [1.165, 1.54) is 22.5 Å². The highest BCUT2D eigenvalue weighted by Crippen LogP contribution is 2.37. The second-order valence-corrected chi connectivity index (χ2v) is 10.1. The van der Waals surface area contributed by atoms with Gasteiger partial charge in [0, 0.05) is 18.2 Å². The number of hydrogen-bond donors (Lipinski definition) is 6. The van der Waals surface area contributed by atoms with Crippen molar-refractivity contribution in [1.82, 2.24) is 30.3 Å². The third kappa shape index (κ3) is 7.17. The van der Waals surface area contributed by atoms with Crippen molar-refractivity contribution in [3.05, 3.63) is 12.2 Å². The highest BCUT2D eigenvalue weighted by Gasteiger charge is 2.43. The second-order valence-electron chi connectivity index (χ2n) is 8.99. The van der Waals surface area contributed by atoms with Crippen LogP contribution in [0.25, 0.3) is 11.2 Å². The third-order valence-electron chi connectivity index (χ3n) is 6.06. The zero-order chi connectivity index (χ0) is 27.8. The van der Waals surface area contributed by atoms with Gasteiger partial charge >= 0.3 is 11.9 Å². The zero-order valence-corrected chi connectivity index (χ0v) is 22.0. The molecule has 3 rings (SSSR count). The summed E-state index contributed by atoms with van der Waals surface area (Å²) in [6.07, 6.45) is 2.19. The van der Waals surface area contributed by atoms with E-state index in [2.05, 4.69) is 44.8 Å². The monoisotopic (exact) mass is 551 g/mol. The summed E-state index contributed by atoms with van der Waals surface area (Å²) < 4.78 is 1.47. The topological polar surface area (TPSA) is 213 Å². The number of carbonyl (C=O) groups is 3. The number of aliphatic hydroxyl groups excluding tert-OH is 2. The van der Waals surface area contributed by atoms with Crippen LogP contribution in [0.1, 0.15) is 52.0 Å². The Balaban J connectivity index is 1.81. The molecule has 2 heterocycles. The first-order valence-electron chi connectivity index (χ1n) is 12.4. The molecule has 1 amide bonds. The summed E-state index contributed by atoms with van der Waals surface area (Å²) in [4.78, 5) is 43.4. The van der Waals surface area contributed by atoms with Crippen LogP contribution in [0, 0.1) is 5.92 Å². The highest BCUT2D eigenvalue weighted by atomic mass is 32.2. The fourth-order valence-electron chi connectivity index (χ4n) is 4.08. The number of carboxylic acid groups (broad SMARTS) is 2. The minimum atomic E-state index is -1.60. The van der Waals surface area contributed by atoms with Crippen LogP contribution in [0.4, 0.5) is 5.82 Å². The summed E-state index contributed by atoms with van der Waals surface area (Å²) in [6.45, 7) is 4.83. The molecule has 0 spiro atoms. The molecule has 38 heavy (non-hydrogen) atoms. The van der Waals surface area contributed by atoms with Crippen LogP contribution in [-0.4, -0.2) is 93.8 Å². The van der Waals surface area contributed by atoms with Crippen LogP contribution in [0.5, 0.6) is 0 Å². The normalized spacial score (nSPS) is 22.1. The summed E-state index contributed by atoms with van der Waals surface area (Å²) >= 11 is 1.49. The van der Waals surface area contributed by atoms with E-state index in [0.29, 0.717) is 28.7 Å². The number of aliphatic hydroxyl groups is 2. The Morgan fingerprint density at radius 3 is 2.58 bits per heavy atom. The standard InChI is InChI=1S/C23H33N7O7S/c1-3-5-8-24-20-17-21(27-23(26-20)38-9-4-2)30(29-28-17)14-10-12(18(34)19(14)35)6-7-15(31)25-13(22(36)37)11-16(32)33/h6-7,12-14,18-19,34-35H,3-5,8-11H2,1-2H3,(H,25,31)(H,32,33)(H,36,37)(H,24,26,27)/b7-6+/t12-,13-,14+,18+,19-/m0/s1. The molecule has 0 bridgehead atoms. The van der Waals surface area contributed by atoms with Crippen molar-refractivity contribution in [2.75, 3.05) is 17.6 Å². The molecular weight excluding hydrogens is 518 g/mol. The molecule has 1 aliphatic carbocycles. The van der Waals surface area contributed by atoms with Crippen molar-refractivity contribution in [2.45, 2.75) is 75.4 Å². The molecule has 1 saturated carbocycles. The van der Waals surface area contributed by atoms with Crippen molar-refractivity contribution < 1.29 is 34.8 Å². The third-order valence-corrected chi connectivity index (χ3v) is 7.11. The number of amides is 1. The number of aliphatic carboxylic acids is 2. The summed E-state index contributed by atoms with van der Waals surface area (Å²) in [5, 5.41) is 53.7. The lowest BCUT2D eigenvalue weighted by molar-refractivity contribution is -0.146. The van der Waals surface area contributed by atoms with Crippen LogP contribution >= 0.6 is 11.8 Å². The van der Waals surface area contributed by atoms with Gasteiger partial charge in [-0.2, -0.15) is 0 Å².